The van der Waals surface area contributed by atoms with Gasteiger partial charge in [0.1, 0.15) is 6.23 Å². The molecule has 62 valence electrons. The highest BCUT2D eigenvalue weighted by Crippen LogP contribution is 2.35. The van der Waals surface area contributed by atoms with Crippen LogP contribution in [0.2, 0.25) is 0 Å². The van der Waals surface area contributed by atoms with Crippen LogP contribution in [0.1, 0.15) is 26.2 Å². The molecule has 2 rings (SSSR count). The summed E-state index contributed by atoms with van der Waals surface area (Å²) in [5.74, 6) is 0.576. The number of amides is 1. The third-order valence-corrected chi connectivity index (χ3v) is 2.84. The molecular formula is C8H13NO2. The van der Waals surface area contributed by atoms with Crippen molar-refractivity contribution < 1.29 is 9.90 Å². The fourth-order valence-corrected chi connectivity index (χ4v) is 2.25. The molecule has 3 atom stereocenters. The van der Waals surface area contributed by atoms with E-state index in [0.717, 1.165) is 12.8 Å². The Morgan fingerprint density at radius 1 is 1.55 bits per heavy atom. The van der Waals surface area contributed by atoms with E-state index >= 15 is 0 Å². The SMILES string of the molecule is C[C@H]1CC(=O)N2C(O)CC[C@@H]12. The second kappa shape index (κ2) is 2.21. The van der Waals surface area contributed by atoms with Gasteiger partial charge >= 0.3 is 0 Å². The maximum Gasteiger partial charge on any atom is 0.225 e. The summed E-state index contributed by atoms with van der Waals surface area (Å²) in [5, 5.41) is 9.39. The Morgan fingerprint density at radius 2 is 2.27 bits per heavy atom. The number of aliphatic hydroxyl groups is 1. The van der Waals surface area contributed by atoms with Crippen molar-refractivity contribution in [2.75, 3.05) is 0 Å². The van der Waals surface area contributed by atoms with Gasteiger partial charge in [-0.2, -0.15) is 0 Å². The Hall–Kier alpha value is -0.570. The van der Waals surface area contributed by atoms with Gasteiger partial charge in [-0.15, -0.1) is 0 Å². The Balaban J connectivity index is 2.22. The van der Waals surface area contributed by atoms with Crippen LogP contribution in [-0.4, -0.2) is 28.2 Å². The highest BCUT2D eigenvalue weighted by molar-refractivity contribution is 5.79. The predicted molar refractivity (Wildman–Crippen MR) is 39.7 cm³/mol. The minimum absolute atomic E-state index is 0.132. The van der Waals surface area contributed by atoms with E-state index in [-0.39, 0.29) is 5.91 Å². The lowest BCUT2D eigenvalue weighted by Gasteiger charge is -2.20. The summed E-state index contributed by atoms with van der Waals surface area (Å²) in [7, 11) is 0. The number of rotatable bonds is 0. The minimum Gasteiger partial charge on any atom is -0.374 e. The minimum atomic E-state index is -0.488. The summed E-state index contributed by atoms with van der Waals surface area (Å²) in [6.45, 7) is 2.08. The van der Waals surface area contributed by atoms with Gasteiger partial charge in [-0.25, -0.2) is 0 Å². The molecule has 0 bridgehead atoms. The molecule has 2 aliphatic rings. The lowest BCUT2D eigenvalue weighted by molar-refractivity contribution is -0.135. The predicted octanol–water partition coefficient (Wildman–Crippen LogP) is 0.336. The van der Waals surface area contributed by atoms with Crippen LogP contribution >= 0.6 is 0 Å². The molecule has 0 spiro atoms. The highest BCUT2D eigenvalue weighted by atomic mass is 16.3. The van der Waals surface area contributed by atoms with E-state index in [1.54, 1.807) is 4.90 Å². The molecule has 2 saturated heterocycles. The normalized spacial score (nSPS) is 43.3. The molecule has 0 aromatic carbocycles. The largest absolute Gasteiger partial charge is 0.374 e. The van der Waals surface area contributed by atoms with Gasteiger partial charge in [-0.3, -0.25) is 4.79 Å². The van der Waals surface area contributed by atoms with Crippen molar-refractivity contribution in [3.63, 3.8) is 0 Å². The van der Waals surface area contributed by atoms with Gasteiger partial charge in [0, 0.05) is 12.5 Å². The van der Waals surface area contributed by atoms with Crippen molar-refractivity contribution in [1.29, 1.82) is 0 Å². The number of carbonyl (C=O) groups is 1. The number of aliphatic hydroxyl groups excluding tert-OH is 1. The topological polar surface area (TPSA) is 40.5 Å². The molecule has 0 aliphatic carbocycles. The number of nitrogens with zero attached hydrogens (tertiary/aromatic N) is 1. The molecule has 2 aliphatic heterocycles. The first-order valence-corrected chi connectivity index (χ1v) is 4.19. The monoisotopic (exact) mass is 155 g/mol. The molecule has 1 N–H and O–H groups in total. The summed E-state index contributed by atoms with van der Waals surface area (Å²) in [6.07, 6.45) is 1.88. The highest BCUT2D eigenvalue weighted by Gasteiger charge is 2.44. The van der Waals surface area contributed by atoms with Crippen LogP contribution in [-0.2, 0) is 4.79 Å². The standard InChI is InChI=1S/C8H13NO2/c1-5-4-8(11)9-6(5)2-3-7(9)10/h5-7,10H,2-4H2,1H3/t5-,6-,7?/m0/s1. The molecule has 2 heterocycles. The van der Waals surface area contributed by atoms with Gasteiger partial charge in [0.15, 0.2) is 0 Å². The molecule has 3 nitrogen and oxygen atoms in total. The number of fused-ring (bicyclic) bond motifs is 1. The van der Waals surface area contributed by atoms with Crippen LogP contribution in [0.5, 0.6) is 0 Å². The molecule has 2 fully saturated rings. The van der Waals surface area contributed by atoms with Crippen LogP contribution in [0.3, 0.4) is 0 Å². The molecule has 3 heteroatoms. The third kappa shape index (κ3) is 0.872. The van der Waals surface area contributed by atoms with Gasteiger partial charge in [-0.1, -0.05) is 6.92 Å². The Labute approximate surface area is 66.0 Å². The van der Waals surface area contributed by atoms with E-state index in [2.05, 4.69) is 6.92 Å². The average molecular weight is 155 g/mol. The first-order chi connectivity index (χ1) is 5.20. The van der Waals surface area contributed by atoms with E-state index in [9.17, 15) is 9.90 Å². The van der Waals surface area contributed by atoms with Crippen molar-refractivity contribution in [2.24, 2.45) is 5.92 Å². The average Bonchev–Trinajstić information content (AvgIpc) is 2.41. The molecule has 1 unspecified atom stereocenters. The van der Waals surface area contributed by atoms with E-state index in [1.807, 2.05) is 0 Å². The van der Waals surface area contributed by atoms with Gasteiger partial charge in [0.2, 0.25) is 5.91 Å². The van der Waals surface area contributed by atoms with E-state index in [1.165, 1.54) is 0 Å². The first-order valence-electron chi connectivity index (χ1n) is 4.19. The maximum atomic E-state index is 11.2. The van der Waals surface area contributed by atoms with Crippen LogP contribution in [0, 0.1) is 5.92 Å². The van der Waals surface area contributed by atoms with Crippen molar-refractivity contribution in [3.05, 3.63) is 0 Å². The summed E-state index contributed by atoms with van der Waals surface area (Å²) >= 11 is 0. The van der Waals surface area contributed by atoms with Gasteiger partial charge in [-0.05, 0) is 18.8 Å². The van der Waals surface area contributed by atoms with E-state index in [0.29, 0.717) is 18.4 Å². The van der Waals surface area contributed by atoms with Crippen LogP contribution in [0.15, 0.2) is 0 Å². The van der Waals surface area contributed by atoms with Gasteiger partial charge in [0.05, 0.1) is 0 Å². The number of hydrogen-bond donors (Lipinski definition) is 1. The lowest BCUT2D eigenvalue weighted by atomic mass is 10.0. The Morgan fingerprint density at radius 3 is 2.91 bits per heavy atom. The summed E-state index contributed by atoms with van der Waals surface area (Å²) in [6, 6.07) is 0.331. The second-order valence-electron chi connectivity index (χ2n) is 3.61. The van der Waals surface area contributed by atoms with Crippen LogP contribution in [0.25, 0.3) is 0 Å². The van der Waals surface area contributed by atoms with Gasteiger partial charge in [0.25, 0.3) is 0 Å². The zero-order valence-corrected chi connectivity index (χ0v) is 6.66. The second-order valence-corrected chi connectivity index (χ2v) is 3.61. The molecular weight excluding hydrogens is 142 g/mol. The Bertz CT molecular complexity index is 193. The zero-order valence-electron chi connectivity index (χ0n) is 6.66. The van der Waals surface area contributed by atoms with Crippen molar-refractivity contribution in [3.8, 4) is 0 Å². The smallest absolute Gasteiger partial charge is 0.225 e. The Kier molecular flexibility index (Phi) is 1.42. The molecule has 0 aromatic rings. The quantitative estimate of drug-likeness (QED) is 0.548. The number of hydrogen-bond acceptors (Lipinski definition) is 2. The van der Waals surface area contributed by atoms with Crippen molar-refractivity contribution in [2.45, 2.75) is 38.5 Å². The summed E-state index contributed by atoms with van der Waals surface area (Å²) in [4.78, 5) is 12.9. The fourth-order valence-electron chi connectivity index (χ4n) is 2.25. The van der Waals surface area contributed by atoms with E-state index < -0.39 is 6.23 Å². The van der Waals surface area contributed by atoms with E-state index in [4.69, 9.17) is 0 Å². The maximum absolute atomic E-state index is 11.2. The lowest BCUT2D eigenvalue weighted by Crippen LogP contribution is -2.35. The van der Waals surface area contributed by atoms with Crippen LogP contribution in [0.4, 0.5) is 0 Å². The molecule has 0 aromatic heterocycles. The summed E-state index contributed by atoms with van der Waals surface area (Å²) in [5.41, 5.74) is 0. The van der Waals surface area contributed by atoms with Crippen molar-refractivity contribution in [1.82, 2.24) is 4.90 Å². The molecule has 1 amide bonds. The van der Waals surface area contributed by atoms with Crippen LogP contribution < -0.4 is 0 Å². The summed E-state index contributed by atoms with van der Waals surface area (Å²) < 4.78 is 0. The molecule has 0 radical (unpaired) electrons. The number of carbonyl (C=O) groups excluding carboxylic acids is 1. The zero-order chi connectivity index (χ0) is 8.01. The fraction of sp³-hybridized carbons (Fsp3) is 0.875. The van der Waals surface area contributed by atoms with Crippen molar-refractivity contribution >= 4 is 5.91 Å². The third-order valence-electron chi connectivity index (χ3n) is 2.84. The first kappa shape index (κ1) is 7.10. The molecule has 0 saturated carbocycles. The van der Waals surface area contributed by atoms with Gasteiger partial charge < -0.3 is 10.0 Å². The molecule has 11 heavy (non-hydrogen) atoms.